The van der Waals surface area contributed by atoms with Gasteiger partial charge in [0.1, 0.15) is 0 Å². The standard InChI is InChI=1S/C26H34O4/c1-18(2)20-11-13-25-15-14-24(3,26(28-4,29-5)23(25)27)21(22(20)25)12-16-30-17-19-9-7-6-8-10-19/h6-10,14-15,18,21H,11-13,16-17H2,1-5H3/t21-,24-,25+/m1/s1. The van der Waals surface area contributed by atoms with Crippen LogP contribution in [0.1, 0.15) is 45.6 Å². The number of hydrogen-bond acceptors (Lipinski definition) is 4. The van der Waals surface area contributed by atoms with E-state index >= 15 is 0 Å². The molecule has 0 amide bonds. The summed E-state index contributed by atoms with van der Waals surface area (Å²) in [6.07, 6.45) is 6.96. The second kappa shape index (κ2) is 7.74. The minimum atomic E-state index is -1.25. The Bertz CT molecular complexity index is 864. The number of ketones is 1. The number of Topliss-reactive ketones (excluding diaryl/α,β-unsaturated/α-hetero) is 1. The summed E-state index contributed by atoms with van der Waals surface area (Å²) in [6.45, 7) is 7.82. The van der Waals surface area contributed by atoms with Crippen LogP contribution < -0.4 is 0 Å². The van der Waals surface area contributed by atoms with Gasteiger partial charge in [-0.25, -0.2) is 0 Å². The molecule has 0 aliphatic heterocycles. The zero-order valence-corrected chi connectivity index (χ0v) is 18.9. The Balaban J connectivity index is 1.67. The molecule has 0 N–H and O–H groups in total. The maximum Gasteiger partial charge on any atom is 0.239 e. The van der Waals surface area contributed by atoms with Crippen LogP contribution in [0.25, 0.3) is 0 Å². The molecule has 0 radical (unpaired) electrons. The van der Waals surface area contributed by atoms with Crippen LogP contribution >= 0.6 is 0 Å². The predicted molar refractivity (Wildman–Crippen MR) is 117 cm³/mol. The predicted octanol–water partition coefficient (Wildman–Crippen LogP) is 5.09. The van der Waals surface area contributed by atoms with Crippen molar-refractivity contribution in [2.24, 2.45) is 22.7 Å². The number of rotatable bonds is 8. The molecule has 162 valence electrons. The van der Waals surface area contributed by atoms with Crippen molar-refractivity contribution in [1.29, 1.82) is 0 Å². The van der Waals surface area contributed by atoms with Gasteiger partial charge in [0.25, 0.3) is 0 Å². The molecule has 0 heterocycles. The van der Waals surface area contributed by atoms with E-state index in [0.29, 0.717) is 19.1 Å². The van der Waals surface area contributed by atoms with Crippen LogP contribution in [0.2, 0.25) is 0 Å². The summed E-state index contributed by atoms with van der Waals surface area (Å²) in [6, 6.07) is 10.2. The summed E-state index contributed by atoms with van der Waals surface area (Å²) < 4.78 is 17.9. The quantitative estimate of drug-likeness (QED) is 0.340. The third-order valence-corrected chi connectivity index (χ3v) is 7.75. The number of carbonyl (C=O) groups excluding carboxylic acids is 1. The number of allylic oxidation sites excluding steroid dienone is 3. The van der Waals surface area contributed by atoms with Crippen LogP contribution in [0.15, 0.2) is 53.6 Å². The van der Waals surface area contributed by atoms with E-state index in [1.807, 2.05) is 18.2 Å². The second-order valence-corrected chi connectivity index (χ2v) is 9.41. The van der Waals surface area contributed by atoms with E-state index in [0.717, 1.165) is 19.3 Å². The van der Waals surface area contributed by atoms with Crippen LogP contribution in [-0.2, 0) is 25.6 Å². The molecule has 2 bridgehead atoms. The minimum absolute atomic E-state index is 0.0668. The van der Waals surface area contributed by atoms with Crippen molar-refractivity contribution >= 4 is 5.78 Å². The van der Waals surface area contributed by atoms with Crippen molar-refractivity contribution in [3.05, 3.63) is 59.2 Å². The van der Waals surface area contributed by atoms with Gasteiger partial charge in [-0.1, -0.05) is 61.9 Å². The summed E-state index contributed by atoms with van der Waals surface area (Å²) in [5.74, 6) is -0.606. The third-order valence-electron chi connectivity index (χ3n) is 7.75. The van der Waals surface area contributed by atoms with E-state index in [2.05, 4.69) is 45.1 Å². The molecular formula is C26H34O4. The fourth-order valence-corrected chi connectivity index (χ4v) is 6.23. The molecule has 4 aliphatic rings. The molecule has 1 saturated carbocycles. The first-order valence-electron chi connectivity index (χ1n) is 11.1. The van der Waals surface area contributed by atoms with Gasteiger partial charge < -0.3 is 14.2 Å². The molecule has 1 aromatic carbocycles. The van der Waals surface area contributed by atoms with Gasteiger partial charge in [-0.2, -0.15) is 0 Å². The maximum atomic E-state index is 13.8. The number of fused-ring (bicyclic) bond motifs is 1. The number of methoxy groups -OCH3 is 2. The van der Waals surface area contributed by atoms with E-state index < -0.39 is 16.6 Å². The second-order valence-electron chi connectivity index (χ2n) is 9.41. The first kappa shape index (κ1) is 21.5. The van der Waals surface area contributed by atoms with Crippen LogP contribution in [0.3, 0.4) is 0 Å². The molecule has 4 aliphatic carbocycles. The van der Waals surface area contributed by atoms with Crippen molar-refractivity contribution in [2.45, 2.75) is 52.4 Å². The van der Waals surface area contributed by atoms with Crippen LogP contribution in [0, 0.1) is 22.7 Å². The van der Waals surface area contributed by atoms with Crippen molar-refractivity contribution in [3.63, 3.8) is 0 Å². The summed E-state index contributed by atoms with van der Waals surface area (Å²) >= 11 is 0. The molecule has 1 fully saturated rings. The average molecular weight is 411 g/mol. The lowest BCUT2D eigenvalue weighted by Crippen LogP contribution is -2.69. The molecule has 5 rings (SSSR count). The highest BCUT2D eigenvalue weighted by Gasteiger charge is 2.72. The number of hydrogen-bond donors (Lipinski definition) is 0. The monoisotopic (exact) mass is 410 g/mol. The zero-order valence-electron chi connectivity index (χ0n) is 18.9. The first-order valence-corrected chi connectivity index (χ1v) is 11.1. The molecule has 1 spiro atoms. The Hall–Kier alpha value is -1.75. The highest BCUT2D eigenvalue weighted by atomic mass is 16.7. The topological polar surface area (TPSA) is 44.8 Å². The van der Waals surface area contributed by atoms with E-state index in [4.69, 9.17) is 14.2 Å². The van der Waals surface area contributed by atoms with Gasteiger partial charge in [0.2, 0.25) is 11.6 Å². The molecule has 0 unspecified atom stereocenters. The van der Waals surface area contributed by atoms with Gasteiger partial charge in [0.05, 0.1) is 17.4 Å². The van der Waals surface area contributed by atoms with Crippen molar-refractivity contribution in [1.82, 2.24) is 0 Å². The van der Waals surface area contributed by atoms with E-state index in [-0.39, 0.29) is 11.7 Å². The molecule has 0 saturated heterocycles. The van der Waals surface area contributed by atoms with Crippen molar-refractivity contribution < 1.29 is 19.0 Å². The number of benzene rings is 1. The Morgan fingerprint density at radius 2 is 1.80 bits per heavy atom. The fraction of sp³-hybridized carbons (Fsp3) is 0.577. The van der Waals surface area contributed by atoms with Crippen molar-refractivity contribution in [2.75, 3.05) is 20.8 Å². The Morgan fingerprint density at radius 1 is 1.10 bits per heavy atom. The zero-order chi connectivity index (χ0) is 21.6. The largest absolute Gasteiger partial charge is 0.377 e. The van der Waals surface area contributed by atoms with E-state index in [1.165, 1.54) is 16.7 Å². The van der Waals surface area contributed by atoms with Gasteiger partial charge in [0.15, 0.2) is 0 Å². The van der Waals surface area contributed by atoms with Gasteiger partial charge in [0, 0.05) is 20.8 Å². The third kappa shape index (κ3) is 2.80. The molecule has 1 aromatic rings. The molecule has 3 atom stereocenters. The Kier molecular flexibility index (Phi) is 5.54. The lowest BCUT2D eigenvalue weighted by atomic mass is 9.47. The van der Waals surface area contributed by atoms with Gasteiger partial charge in [-0.05, 0) is 49.2 Å². The highest BCUT2D eigenvalue weighted by Crippen LogP contribution is 2.68. The van der Waals surface area contributed by atoms with Crippen LogP contribution in [0.4, 0.5) is 0 Å². The van der Waals surface area contributed by atoms with Crippen LogP contribution in [0.5, 0.6) is 0 Å². The van der Waals surface area contributed by atoms with Gasteiger partial charge in [-0.3, -0.25) is 4.79 Å². The molecule has 4 nitrogen and oxygen atoms in total. The highest BCUT2D eigenvalue weighted by molar-refractivity contribution is 6.00. The summed E-state index contributed by atoms with van der Waals surface area (Å²) in [5.41, 5.74) is 2.78. The normalized spacial score (nSPS) is 31.7. The Morgan fingerprint density at radius 3 is 2.43 bits per heavy atom. The number of carbonyl (C=O) groups is 1. The smallest absolute Gasteiger partial charge is 0.239 e. The summed E-state index contributed by atoms with van der Waals surface area (Å²) in [7, 11) is 3.20. The van der Waals surface area contributed by atoms with E-state index in [9.17, 15) is 4.79 Å². The fourth-order valence-electron chi connectivity index (χ4n) is 6.23. The Labute approximate surface area is 180 Å². The molecule has 4 heteroatoms. The lowest BCUT2D eigenvalue weighted by Gasteiger charge is -2.60. The average Bonchev–Trinajstić information content (AvgIpc) is 3.15. The van der Waals surface area contributed by atoms with E-state index in [1.54, 1.807) is 14.2 Å². The van der Waals surface area contributed by atoms with Gasteiger partial charge >= 0.3 is 0 Å². The summed E-state index contributed by atoms with van der Waals surface area (Å²) in [4.78, 5) is 13.8. The maximum absolute atomic E-state index is 13.8. The first-order chi connectivity index (χ1) is 14.4. The molecular weight excluding hydrogens is 376 g/mol. The van der Waals surface area contributed by atoms with Crippen molar-refractivity contribution in [3.8, 4) is 0 Å². The van der Waals surface area contributed by atoms with Crippen LogP contribution in [-0.4, -0.2) is 32.4 Å². The minimum Gasteiger partial charge on any atom is -0.377 e. The molecule has 30 heavy (non-hydrogen) atoms. The van der Waals surface area contributed by atoms with Gasteiger partial charge in [-0.15, -0.1) is 0 Å². The SMILES string of the molecule is COC1(OC)C(=O)[C@@]23C=C[C@]1(C)[C@H](CCOCc1ccccc1)C2=C(C(C)C)CC3. The molecule has 0 aromatic heterocycles. The summed E-state index contributed by atoms with van der Waals surface area (Å²) in [5, 5.41) is 0. The number of ether oxygens (including phenoxy) is 3. The lowest BCUT2D eigenvalue weighted by molar-refractivity contribution is -0.270.